The van der Waals surface area contributed by atoms with Crippen molar-refractivity contribution >= 4 is 11.6 Å². The standard InChI is InChI=1S/C10H7ClF6O/c1-18-8-6(9(12,13)14)3-2-5(4-11)7(8)10(15,16)17/h2-3H,4H2,1H3. The summed E-state index contributed by atoms with van der Waals surface area (Å²) in [5.41, 5.74) is -3.44. The first-order valence-electron chi connectivity index (χ1n) is 4.53. The molecule has 1 aromatic rings. The second kappa shape index (κ2) is 4.87. The normalized spacial score (nSPS) is 12.7. The maximum atomic E-state index is 12.7. The number of alkyl halides is 7. The summed E-state index contributed by atoms with van der Waals surface area (Å²) < 4.78 is 80.2. The fraction of sp³-hybridized carbons (Fsp3) is 0.400. The number of halogens is 7. The smallest absolute Gasteiger partial charge is 0.420 e. The van der Waals surface area contributed by atoms with E-state index in [2.05, 4.69) is 4.74 Å². The van der Waals surface area contributed by atoms with Crippen LogP contribution in [0.5, 0.6) is 5.75 Å². The molecule has 0 fully saturated rings. The summed E-state index contributed by atoms with van der Waals surface area (Å²) in [6, 6.07) is 1.22. The van der Waals surface area contributed by atoms with Crippen molar-refractivity contribution in [3.05, 3.63) is 28.8 Å². The van der Waals surface area contributed by atoms with Gasteiger partial charge in [-0.3, -0.25) is 0 Å². The van der Waals surface area contributed by atoms with Crippen LogP contribution in [0.4, 0.5) is 26.3 Å². The Morgan fingerprint density at radius 1 is 1.06 bits per heavy atom. The Bertz CT molecular complexity index is 437. The summed E-state index contributed by atoms with van der Waals surface area (Å²) in [6.45, 7) is 0. The van der Waals surface area contributed by atoms with E-state index in [1.54, 1.807) is 0 Å². The van der Waals surface area contributed by atoms with E-state index < -0.39 is 40.7 Å². The molecule has 0 saturated carbocycles. The van der Waals surface area contributed by atoms with E-state index in [1.165, 1.54) is 0 Å². The number of methoxy groups -OCH3 is 1. The lowest BCUT2D eigenvalue weighted by Gasteiger charge is -2.19. The predicted molar refractivity (Wildman–Crippen MR) is 52.6 cm³/mol. The van der Waals surface area contributed by atoms with Gasteiger partial charge < -0.3 is 4.74 Å². The Morgan fingerprint density at radius 3 is 1.94 bits per heavy atom. The van der Waals surface area contributed by atoms with E-state index in [0.29, 0.717) is 12.1 Å². The molecule has 0 atom stereocenters. The molecule has 102 valence electrons. The quantitative estimate of drug-likeness (QED) is 0.577. The second-order valence-electron chi connectivity index (χ2n) is 3.31. The van der Waals surface area contributed by atoms with Gasteiger partial charge in [0.2, 0.25) is 0 Å². The van der Waals surface area contributed by atoms with Crippen LogP contribution in [0, 0.1) is 0 Å². The van der Waals surface area contributed by atoms with Gasteiger partial charge in [0.25, 0.3) is 0 Å². The molecule has 0 aliphatic heterocycles. The Balaban J connectivity index is 3.64. The number of ether oxygens (including phenoxy) is 1. The summed E-state index contributed by atoms with van der Waals surface area (Å²) in [4.78, 5) is 0. The molecule has 0 amide bonds. The molecule has 0 N–H and O–H groups in total. The fourth-order valence-corrected chi connectivity index (χ4v) is 1.70. The Morgan fingerprint density at radius 2 is 1.61 bits per heavy atom. The summed E-state index contributed by atoms with van der Waals surface area (Å²) in [5.74, 6) is -1.82. The third-order valence-electron chi connectivity index (χ3n) is 2.18. The zero-order valence-corrected chi connectivity index (χ0v) is 9.67. The minimum Gasteiger partial charge on any atom is -0.495 e. The van der Waals surface area contributed by atoms with Crippen LogP contribution in [0.3, 0.4) is 0 Å². The van der Waals surface area contributed by atoms with Crippen molar-refractivity contribution in [2.24, 2.45) is 0 Å². The van der Waals surface area contributed by atoms with Crippen molar-refractivity contribution in [1.82, 2.24) is 0 Å². The third-order valence-corrected chi connectivity index (χ3v) is 2.47. The first-order chi connectivity index (χ1) is 8.12. The van der Waals surface area contributed by atoms with E-state index >= 15 is 0 Å². The van der Waals surface area contributed by atoms with Crippen LogP contribution in [0.1, 0.15) is 16.7 Å². The van der Waals surface area contributed by atoms with Crippen molar-refractivity contribution in [3.63, 3.8) is 0 Å². The predicted octanol–water partition coefficient (Wildman–Crippen LogP) is 4.47. The van der Waals surface area contributed by atoms with Gasteiger partial charge in [-0.15, -0.1) is 11.6 Å². The van der Waals surface area contributed by atoms with Crippen LogP contribution in [-0.2, 0) is 18.2 Å². The van der Waals surface area contributed by atoms with Crippen molar-refractivity contribution in [1.29, 1.82) is 0 Å². The van der Waals surface area contributed by atoms with Gasteiger partial charge in [0.1, 0.15) is 11.3 Å². The van der Waals surface area contributed by atoms with Gasteiger partial charge in [0, 0.05) is 5.88 Å². The van der Waals surface area contributed by atoms with Gasteiger partial charge >= 0.3 is 12.4 Å². The Kier molecular flexibility index (Phi) is 4.05. The highest BCUT2D eigenvalue weighted by molar-refractivity contribution is 6.17. The molecule has 0 saturated heterocycles. The minimum atomic E-state index is -4.98. The molecular formula is C10H7ClF6O. The molecule has 0 aliphatic carbocycles. The molecule has 0 radical (unpaired) electrons. The fourth-order valence-electron chi connectivity index (χ4n) is 1.48. The topological polar surface area (TPSA) is 9.23 Å². The molecule has 0 spiro atoms. The van der Waals surface area contributed by atoms with Crippen molar-refractivity contribution < 1.29 is 31.1 Å². The maximum absolute atomic E-state index is 12.7. The first-order valence-corrected chi connectivity index (χ1v) is 5.06. The molecular weight excluding hydrogens is 286 g/mol. The molecule has 0 heterocycles. The number of rotatable bonds is 2. The molecule has 1 aromatic carbocycles. The van der Waals surface area contributed by atoms with Crippen LogP contribution >= 0.6 is 11.6 Å². The summed E-state index contributed by atoms with van der Waals surface area (Å²) in [5, 5.41) is 0. The van der Waals surface area contributed by atoms with Gasteiger partial charge in [0.15, 0.2) is 0 Å². The highest BCUT2D eigenvalue weighted by Crippen LogP contribution is 2.45. The van der Waals surface area contributed by atoms with Crippen LogP contribution in [0.15, 0.2) is 12.1 Å². The van der Waals surface area contributed by atoms with Crippen LogP contribution in [-0.4, -0.2) is 7.11 Å². The minimum absolute atomic E-state index is 0.464. The molecule has 18 heavy (non-hydrogen) atoms. The largest absolute Gasteiger partial charge is 0.495 e. The van der Waals surface area contributed by atoms with Crippen molar-refractivity contribution in [2.45, 2.75) is 18.2 Å². The van der Waals surface area contributed by atoms with Gasteiger partial charge in [-0.25, -0.2) is 0 Å². The second-order valence-corrected chi connectivity index (χ2v) is 3.58. The van der Waals surface area contributed by atoms with E-state index in [9.17, 15) is 26.3 Å². The van der Waals surface area contributed by atoms with Crippen LogP contribution < -0.4 is 4.74 Å². The molecule has 0 aromatic heterocycles. The molecule has 1 rings (SSSR count). The molecule has 0 bridgehead atoms. The SMILES string of the molecule is COc1c(C(F)(F)F)ccc(CCl)c1C(F)(F)F. The van der Waals surface area contributed by atoms with E-state index in [1.807, 2.05) is 0 Å². The third kappa shape index (κ3) is 2.82. The van der Waals surface area contributed by atoms with Gasteiger partial charge in [-0.05, 0) is 11.6 Å². The average Bonchev–Trinajstić information content (AvgIpc) is 2.24. The Labute approximate surface area is 103 Å². The summed E-state index contributed by atoms with van der Waals surface area (Å²) >= 11 is 5.30. The lowest BCUT2D eigenvalue weighted by atomic mass is 10.0. The number of hydrogen-bond acceptors (Lipinski definition) is 1. The lowest BCUT2D eigenvalue weighted by molar-refractivity contribution is -0.145. The molecule has 0 unspecified atom stereocenters. The zero-order valence-electron chi connectivity index (χ0n) is 8.92. The van der Waals surface area contributed by atoms with E-state index in [4.69, 9.17) is 11.6 Å². The van der Waals surface area contributed by atoms with Gasteiger partial charge in [0.05, 0.1) is 12.7 Å². The molecule has 1 nitrogen and oxygen atoms in total. The molecule has 8 heteroatoms. The Hall–Kier alpha value is -1.11. The maximum Gasteiger partial charge on any atom is 0.420 e. The lowest BCUT2D eigenvalue weighted by Crippen LogP contribution is -2.16. The average molecular weight is 293 g/mol. The number of hydrogen-bond donors (Lipinski definition) is 0. The van der Waals surface area contributed by atoms with Crippen molar-refractivity contribution in [3.8, 4) is 5.75 Å². The molecule has 0 aliphatic rings. The summed E-state index contributed by atoms with van der Waals surface area (Å²) in [7, 11) is 0.748. The summed E-state index contributed by atoms with van der Waals surface area (Å²) in [6.07, 6.45) is -9.91. The van der Waals surface area contributed by atoms with Crippen LogP contribution in [0.2, 0.25) is 0 Å². The highest BCUT2D eigenvalue weighted by atomic mass is 35.5. The van der Waals surface area contributed by atoms with Crippen molar-refractivity contribution in [2.75, 3.05) is 7.11 Å². The monoisotopic (exact) mass is 292 g/mol. The van der Waals surface area contributed by atoms with E-state index in [0.717, 1.165) is 7.11 Å². The number of benzene rings is 1. The van der Waals surface area contributed by atoms with Gasteiger partial charge in [-0.2, -0.15) is 26.3 Å². The van der Waals surface area contributed by atoms with Crippen LogP contribution in [0.25, 0.3) is 0 Å². The zero-order chi connectivity index (χ0) is 14.1. The highest BCUT2D eigenvalue weighted by Gasteiger charge is 2.43. The van der Waals surface area contributed by atoms with E-state index in [-0.39, 0.29) is 0 Å². The first kappa shape index (κ1) is 14.9. The van der Waals surface area contributed by atoms with Gasteiger partial charge in [-0.1, -0.05) is 6.07 Å².